The van der Waals surface area contributed by atoms with Gasteiger partial charge in [0.2, 0.25) is 0 Å². The van der Waals surface area contributed by atoms with Crippen molar-refractivity contribution in [2.24, 2.45) is 5.11 Å². The number of methoxy groups -OCH3 is 1. The highest BCUT2D eigenvalue weighted by molar-refractivity contribution is 9.10. The highest BCUT2D eigenvalue weighted by Crippen LogP contribution is 2.38. The van der Waals surface area contributed by atoms with Crippen LogP contribution in [0.3, 0.4) is 0 Å². The minimum Gasteiger partial charge on any atom is -0.496 e. The van der Waals surface area contributed by atoms with Crippen molar-refractivity contribution in [3.05, 3.63) is 37.2 Å². The summed E-state index contributed by atoms with van der Waals surface area (Å²) in [5.74, 6) is 0.311. The van der Waals surface area contributed by atoms with Crippen molar-refractivity contribution in [1.29, 1.82) is 0 Å². The van der Waals surface area contributed by atoms with E-state index in [1.54, 1.807) is 0 Å². The first-order chi connectivity index (χ1) is 7.10. The molecule has 0 bridgehead atoms. The summed E-state index contributed by atoms with van der Waals surface area (Å²) in [6.45, 7) is 0. The zero-order chi connectivity index (χ0) is 11.4. The summed E-state index contributed by atoms with van der Waals surface area (Å²) < 4.78 is 5.16. The molecule has 0 aliphatic heterocycles. The van der Waals surface area contributed by atoms with Crippen LogP contribution in [-0.4, -0.2) is 12.0 Å². The molecule has 0 fully saturated rings. The Bertz CT molecular complexity index is 456. The van der Waals surface area contributed by atoms with Gasteiger partial charge in [0.1, 0.15) is 11.4 Å². The molecule has 0 aliphatic rings. The Morgan fingerprint density at radius 2 is 2.33 bits per heavy atom. The summed E-state index contributed by atoms with van der Waals surface area (Å²) in [5, 5.41) is 13.9. The molecule has 1 rings (SSSR count). The predicted molar refractivity (Wildman–Crippen MR) is 56.2 cm³/mol. The fraction of sp³-hybridized carbons (Fsp3) is 0.143. The van der Waals surface area contributed by atoms with Crippen LogP contribution < -0.4 is 4.74 Å². The van der Waals surface area contributed by atoms with Crippen molar-refractivity contribution < 1.29 is 9.66 Å². The van der Waals surface area contributed by atoms with E-state index in [1.165, 1.54) is 19.2 Å². The zero-order valence-electron chi connectivity index (χ0n) is 7.55. The molecule has 1 aromatic carbocycles. The van der Waals surface area contributed by atoms with Gasteiger partial charge in [-0.1, -0.05) is 5.11 Å². The highest BCUT2D eigenvalue weighted by atomic mass is 79.9. The molecule has 15 heavy (non-hydrogen) atoms. The quantitative estimate of drug-likeness (QED) is 0.277. The minimum absolute atomic E-state index is 0.0664. The summed E-state index contributed by atoms with van der Waals surface area (Å²) in [4.78, 5) is 12.5. The van der Waals surface area contributed by atoms with Gasteiger partial charge in [-0.15, -0.1) is 0 Å². The molecule has 0 atom stereocenters. The Morgan fingerprint density at radius 3 is 2.80 bits per heavy atom. The van der Waals surface area contributed by atoms with Crippen LogP contribution in [0.15, 0.2) is 21.7 Å². The monoisotopic (exact) mass is 272 g/mol. The molecule has 8 heteroatoms. The van der Waals surface area contributed by atoms with Crippen LogP contribution >= 0.6 is 15.9 Å². The van der Waals surface area contributed by atoms with E-state index in [-0.39, 0.29) is 11.4 Å². The highest BCUT2D eigenvalue weighted by Gasteiger charge is 2.17. The molecule has 0 N–H and O–H groups in total. The van der Waals surface area contributed by atoms with Crippen LogP contribution in [0.1, 0.15) is 0 Å². The Hall–Kier alpha value is -1.79. The lowest BCUT2D eigenvalue weighted by Crippen LogP contribution is -1.91. The minimum atomic E-state index is -0.642. The number of azide groups is 1. The standard InChI is InChI=1S/C7H5BrN4O3/c1-15-4-2-5(8)7(10-11-9)6(3-4)12(13)14/h2-3H,1H3. The lowest BCUT2D eigenvalue weighted by atomic mass is 10.2. The topological polar surface area (TPSA) is 101 Å². The van der Waals surface area contributed by atoms with Gasteiger partial charge < -0.3 is 4.74 Å². The van der Waals surface area contributed by atoms with Crippen LogP contribution in [0.25, 0.3) is 10.4 Å². The van der Waals surface area contributed by atoms with Gasteiger partial charge in [0.15, 0.2) is 0 Å². The molecule has 0 aromatic heterocycles. The largest absolute Gasteiger partial charge is 0.496 e. The van der Waals surface area contributed by atoms with Crippen LogP contribution in [0, 0.1) is 10.1 Å². The summed E-state index contributed by atoms with van der Waals surface area (Å²) >= 11 is 3.06. The van der Waals surface area contributed by atoms with E-state index in [4.69, 9.17) is 10.3 Å². The van der Waals surface area contributed by atoms with Crippen molar-refractivity contribution in [2.45, 2.75) is 0 Å². The zero-order valence-corrected chi connectivity index (χ0v) is 9.13. The van der Waals surface area contributed by atoms with Gasteiger partial charge in [0.25, 0.3) is 5.69 Å². The van der Waals surface area contributed by atoms with Crippen molar-refractivity contribution in [1.82, 2.24) is 0 Å². The number of rotatable bonds is 3. The lowest BCUT2D eigenvalue weighted by Gasteiger charge is -2.03. The van der Waals surface area contributed by atoms with Crippen LogP contribution in [-0.2, 0) is 0 Å². The molecular formula is C7H5BrN4O3. The second kappa shape index (κ2) is 4.63. The molecule has 0 radical (unpaired) electrons. The van der Waals surface area contributed by atoms with Crippen molar-refractivity contribution in [3.8, 4) is 5.75 Å². The second-order valence-corrected chi connectivity index (χ2v) is 3.28. The number of ether oxygens (including phenoxy) is 1. The van der Waals surface area contributed by atoms with E-state index in [9.17, 15) is 10.1 Å². The maximum absolute atomic E-state index is 10.7. The molecule has 0 saturated heterocycles. The SMILES string of the molecule is COc1cc(Br)c(N=[N+]=[N-])c([N+](=O)[O-])c1. The van der Waals surface area contributed by atoms with Gasteiger partial charge in [-0.2, -0.15) is 0 Å². The molecule has 78 valence electrons. The molecule has 0 aliphatic carbocycles. The van der Waals surface area contributed by atoms with Gasteiger partial charge in [-0.3, -0.25) is 10.1 Å². The number of benzene rings is 1. The van der Waals surface area contributed by atoms with Crippen molar-refractivity contribution in [3.63, 3.8) is 0 Å². The molecular weight excluding hydrogens is 268 g/mol. The normalized spacial score (nSPS) is 9.20. The Kier molecular flexibility index (Phi) is 3.48. The van der Waals surface area contributed by atoms with E-state index in [0.29, 0.717) is 10.2 Å². The smallest absolute Gasteiger partial charge is 0.283 e. The van der Waals surface area contributed by atoms with Crippen molar-refractivity contribution >= 4 is 27.3 Å². The molecule has 0 spiro atoms. The van der Waals surface area contributed by atoms with Gasteiger partial charge >= 0.3 is 0 Å². The number of nitro groups is 1. The molecule has 0 saturated carbocycles. The first-order valence-corrected chi connectivity index (χ1v) is 4.46. The van der Waals surface area contributed by atoms with Crippen LogP contribution in [0.4, 0.5) is 11.4 Å². The first-order valence-electron chi connectivity index (χ1n) is 3.67. The van der Waals surface area contributed by atoms with E-state index in [0.717, 1.165) is 0 Å². The van der Waals surface area contributed by atoms with E-state index >= 15 is 0 Å². The number of nitrogens with zero attached hydrogens (tertiary/aromatic N) is 4. The third-order valence-corrected chi connectivity index (χ3v) is 2.20. The van der Waals surface area contributed by atoms with Gasteiger partial charge in [-0.25, -0.2) is 0 Å². The molecule has 1 aromatic rings. The number of hydrogen-bond donors (Lipinski definition) is 0. The maximum atomic E-state index is 10.7. The molecule has 7 nitrogen and oxygen atoms in total. The summed E-state index contributed by atoms with van der Waals surface area (Å²) in [6, 6.07) is 2.67. The van der Waals surface area contributed by atoms with E-state index in [2.05, 4.69) is 26.0 Å². The van der Waals surface area contributed by atoms with Gasteiger partial charge in [0, 0.05) is 9.38 Å². The molecule has 0 heterocycles. The molecule has 0 amide bonds. The Labute approximate surface area is 92.6 Å². The maximum Gasteiger partial charge on any atom is 0.283 e. The van der Waals surface area contributed by atoms with Gasteiger partial charge in [0.05, 0.1) is 18.1 Å². The third-order valence-electron chi connectivity index (χ3n) is 1.59. The predicted octanol–water partition coefficient (Wildman–Crippen LogP) is 3.31. The number of halogens is 1. The van der Waals surface area contributed by atoms with E-state index < -0.39 is 4.92 Å². The summed E-state index contributed by atoms with van der Waals surface area (Å²) in [6.07, 6.45) is 0. The average Bonchev–Trinajstić information content (AvgIpc) is 2.20. The van der Waals surface area contributed by atoms with Crippen LogP contribution in [0.5, 0.6) is 5.75 Å². The summed E-state index contributed by atoms with van der Waals surface area (Å²) in [5.41, 5.74) is 7.89. The van der Waals surface area contributed by atoms with Crippen molar-refractivity contribution in [2.75, 3.05) is 7.11 Å². The number of nitro benzene ring substituents is 1. The van der Waals surface area contributed by atoms with E-state index in [1.807, 2.05) is 0 Å². The average molecular weight is 273 g/mol. The summed E-state index contributed by atoms with van der Waals surface area (Å²) in [7, 11) is 1.39. The molecule has 0 unspecified atom stereocenters. The fourth-order valence-corrected chi connectivity index (χ4v) is 1.47. The lowest BCUT2D eigenvalue weighted by molar-refractivity contribution is -0.384. The number of hydrogen-bond acceptors (Lipinski definition) is 4. The van der Waals surface area contributed by atoms with Crippen LogP contribution in [0.2, 0.25) is 0 Å². The van der Waals surface area contributed by atoms with Gasteiger partial charge in [-0.05, 0) is 27.5 Å². The fourth-order valence-electron chi connectivity index (χ4n) is 0.961. The first kappa shape index (κ1) is 11.3. The second-order valence-electron chi connectivity index (χ2n) is 2.42. The third kappa shape index (κ3) is 2.36. The Balaban J connectivity index is 3.48. The Morgan fingerprint density at radius 1 is 1.67 bits per heavy atom.